The Labute approximate surface area is 126 Å². The highest BCUT2D eigenvalue weighted by Crippen LogP contribution is 2.29. The third-order valence-electron chi connectivity index (χ3n) is 2.87. The van der Waals surface area contributed by atoms with Gasteiger partial charge in [0.15, 0.2) is 5.16 Å². The van der Waals surface area contributed by atoms with Crippen molar-refractivity contribution >= 4 is 17.7 Å². The fourth-order valence-electron chi connectivity index (χ4n) is 1.81. The monoisotopic (exact) mass is 298 g/mol. The molecule has 21 heavy (non-hydrogen) atoms. The minimum atomic E-state index is 0.184. The van der Waals surface area contributed by atoms with E-state index in [1.807, 2.05) is 0 Å². The van der Waals surface area contributed by atoms with E-state index in [0.29, 0.717) is 11.1 Å². The van der Waals surface area contributed by atoms with Gasteiger partial charge in [-0.25, -0.2) is 4.68 Å². The van der Waals surface area contributed by atoms with Crippen molar-refractivity contribution in [3.05, 3.63) is 47.8 Å². The maximum Gasteiger partial charge on any atom is 0.256 e. The summed E-state index contributed by atoms with van der Waals surface area (Å²) in [5.41, 5.74) is 8.13. The van der Waals surface area contributed by atoms with Crippen molar-refractivity contribution in [1.82, 2.24) is 24.7 Å². The second-order valence-corrected chi connectivity index (χ2v) is 5.61. The van der Waals surface area contributed by atoms with Gasteiger partial charge in [-0.1, -0.05) is 12.1 Å². The molecule has 2 N–H and O–H groups in total. The Balaban J connectivity index is 1.97. The highest BCUT2D eigenvalue weighted by molar-refractivity contribution is 7.99. The number of hydrogen-bond acceptors (Lipinski definition) is 6. The van der Waals surface area contributed by atoms with Gasteiger partial charge in [-0.15, -0.1) is 0 Å². The summed E-state index contributed by atoms with van der Waals surface area (Å²) < 4.78 is 1.56. The molecule has 0 amide bonds. The fraction of sp³-hybridized carbons (Fsp3) is 0.143. The van der Waals surface area contributed by atoms with Crippen LogP contribution >= 0.6 is 11.8 Å². The van der Waals surface area contributed by atoms with Gasteiger partial charge in [0.05, 0.1) is 0 Å². The molecular formula is C14H14N6S. The van der Waals surface area contributed by atoms with Crippen molar-refractivity contribution in [2.24, 2.45) is 0 Å². The van der Waals surface area contributed by atoms with Gasteiger partial charge in [-0.05, 0) is 48.9 Å². The van der Waals surface area contributed by atoms with Gasteiger partial charge in [0.25, 0.3) is 5.95 Å². The first-order valence-electron chi connectivity index (χ1n) is 6.38. The number of nitrogens with two attached hydrogens (primary N) is 1. The molecule has 0 bridgehead atoms. The Morgan fingerprint density at radius 3 is 2.76 bits per heavy atom. The summed E-state index contributed by atoms with van der Waals surface area (Å²) in [6.45, 7) is 4.11. The van der Waals surface area contributed by atoms with Crippen LogP contribution in [0, 0.1) is 13.8 Å². The van der Waals surface area contributed by atoms with E-state index in [-0.39, 0.29) is 5.95 Å². The molecular weight excluding hydrogens is 284 g/mol. The molecule has 6 nitrogen and oxygen atoms in total. The molecule has 0 aliphatic heterocycles. The summed E-state index contributed by atoms with van der Waals surface area (Å²) >= 11 is 1.47. The van der Waals surface area contributed by atoms with Crippen LogP contribution in [-0.2, 0) is 0 Å². The molecule has 0 atom stereocenters. The SMILES string of the molecule is Cc1ccc(C)c(Sc2nc(N)nc(-n3cccn3)n2)c1. The van der Waals surface area contributed by atoms with Crippen molar-refractivity contribution < 1.29 is 0 Å². The molecule has 106 valence electrons. The van der Waals surface area contributed by atoms with Crippen LogP contribution in [0.1, 0.15) is 11.1 Å². The van der Waals surface area contributed by atoms with E-state index in [1.165, 1.54) is 22.9 Å². The summed E-state index contributed by atoms with van der Waals surface area (Å²) in [5.74, 6) is 0.601. The average Bonchev–Trinajstić information content (AvgIpc) is 2.96. The summed E-state index contributed by atoms with van der Waals surface area (Å²) in [5, 5.41) is 4.66. The lowest BCUT2D eigenvalue weighted by molar-refractivity contribution is 0.764. The zero-order chi connectivity index (χ0) is 14.8. The molecule has 2 aromatic heterocycles. The maximum atomic E-state index is 5.77. The summed E-state index contributed by atoms with van der Waals surface area (Å²) in [6, 6.07) is 8.07. The highest BCUT2D eigenvalue weighted by Gasteiger charge is 2.09. The largest absolute Gasteiger partial charge is 0.368 e. The molecule has 0 saturated carbocycles. The Bertz CT molecular complexity index is 769. The number of rotatable bonds is 3. The highest BCUT2D eigenvalue weighted by atomic mass is 32.2. The number of aromatic nitrogens is 5. The van der Waals surface area contributed by atoms with Crippen molar-refractivity contribution in [2.75, 3.05) is 5.73 Å². The van der Waals surface area contributed by atoms with E-state index in [1.54, 1.807) is 23.1 Å². The molecule has 0 aliphatic rings. The molecule has 0 spiro atoms. The summed E-state index contributed by atoms with van der Waals surface area (Å²) in [4.78, 5) is 13.8. The number of hydrogen-bond donors (Lipinski definition) is 1. The molecule has 1 aromatic carbocycles. The molecule has 0 unspecified atom stereocenters. The van der Waals surface area contributed by atoms with Crippen molar-refractivity contribution in [1.29, 1.82) is 0 Å². The lowest BCUT2D eigenvalue weighted by atomic mass is 10.2. The second kappa shape index (κ2) is 5.53. The van der Waals surface area contributed by atoms with Gasteiger partial charge in [0.1, 0.15) is 0 Å². The number of aryl methyl sites for hydroxylation is 2. The van der Waals surface area contributed by atoms with Crippen molar-refractivity contribution in [2.45, 2.75) is 23.9 Å². The molecule has 7 heteroatoms. The van der Waals surface area contributed by atoms with E-state index in [2.05, 4.69) is 52.1 Å². The first-order valence-corrected chi connectivity index (χ1v) is 7.20. The second-order valence-electron chi connectivity index (χ2n) is 4.60. The van der Waals surface area contributed by atoms with Crippen LogP contribution in [0.2, 0.25) is 0 Å². The van der Waals surface area contributed by atoms with E-state index < -0.39 is 0 Å². The van der Waals surface area contributed by atoms with Crippen LogP contribution < -0.4 is 5.73 Å². The van der Waals surface area contributed by atoms with Gasteiger partial charge < -0.3 is 5.73 Å². The Hall–Kier alpha value is -2.41. The summed E-state index contributed by atoms with van der Waals surface area (Å²) in [6.07, 6.45) is 3.43. The topological polar surface area (TPSA) is 82.5 Å². The lowest BCUT2D eigenvalue weighted by Crippen LogP contribution is -2.07. The molecule has 0 saturated heterocycles. The normalized spacial score (nSPS) is 10.8. The van der Waals surface area contributed by atoms with Crippen LogP contribution in [0.3, 0.4) is 0 Å². The quantitative estimate of drug-likeness (QED) is 0.799. The first kappa shape index (κ1) is 13.6. The molecule has 2 heterocycles. The minimum absolute atomic E-state index is 0.184. The van der Waals surface area contributed by atoms with E-state index in [0.717, 1.165) is 4.90 Å². The van der Waals surface area contributed by atoms with Crippen LogP contribution in [0.25, 0.3) is 5.95 Å². The molecule has 3 aromatic rings. The Morgan fingerprint density at radius 2 is 2.00 bits per heavy atom. The van der Waals surface area contributed by atoms with Gasteiger partial charge in [-0.3, -0.25) is 0 Å². The van der Waals surface area contributed by atoms with Crippen LogP contribution in [0.15, 0.2) is 46.7 Å². The number of benzene rings is 1. The van der Waals surface area contributed by atoms with Crippen molar-refractivity contribution in [3.8, 4) is 5.95 Å². The fourth-order valence-corrected chi connectivity index (χ4v) is 2.75. The average molecular weight is 298 g/mol. The molecule has 0 radical (unpaired) electrons. The number of nitrogen functional groups attached to an aromatic ring is 1. The Kier molecular flexibility index (Phi) is 3.57. The molecule has 3 rings (SSSR count). The predicted octanol–water partition coefficient (Wildman–Crippen LogP) is 2.41. The van der Waals surface area contributed by atoms with E-state index >= 15 is 0 Å². The summed E-state index contributed by atoms with van der Waals surface area (Å²) in [7, 11) is 0. The minimum Gasteiger partial charge on any atom is -0.368 e. The third kappa shape index (κ3) is 3.03. The van der Waals surface area contributed by atoms with E-state index in [9.17, 15) is 0 Å². The van der Waals surface area contributed by atoms with Gasteiger partial charge in [-0.2, -0.15) is 20.1 Å². The first-order chi connectivity index (χ1) is 10.1. The Morgan fingerprint density at radius 1 is 1.14 bits per heavy atom. The van der Waals surface area contributed by atoms with Gasteiger partial charge >= 0.3 is 0 Å². The number of anilines is 1. The smallest absolute Gasteiger partial charge is 0.256 e. The zero-order valence-corrected chi connectivity index (χ0v) is 12.5. The molecule has 0 aliphatic carbocycles. The predicted molar refractivity (Wildman–Crippen MR) is 81.4 cm³/mol. The zero-order valence-electron chi connectivity index (χ0n) is 11.7. The van der Waals surface area contributed by atoms with Gasteiger partial charge in [0.2, 0.25) is 5.95 Å². The van der Waals surface area contributed by atoms with Crippen molar-refractivity contribution in [3.63, 3.8) is 0 Å². The standard InChI is InChI=1S/C14H14N6S/c1-9-4-5-10(2)11(8-9)21-14-18-12(15)17-13(19-14)20-7-3-6-16-20/h3-8H,1-2H3,(H2,15,17,18,19). The number of nitrogens with zero attached hydrogens (tertiary/aromatic N) is 5. The lowest BCUT2D eigenvalue weighted by Gasteiger charge is -2.07. The van der Waals surface area contributed by atoms with Crippen LogP contribution in [-0.4, -0.2) is 24.7 Å². The third-order valence-corrected chi connectivity index (χ3v) is 3.90. The van der Waals surface area contributed by atoms with Crippen LogP contribution in [0.4, 0.5) is 5.95 Å². The van der Waals surface area contributed by atoms with Gasteiger partial charge in [0, 0.05) is 17.3 Å². The maximum absolute atomic E-state index is 5.77. The van der Waals surface area contributed by atoms with Crippen LogP contribution in [0.5, 0.6) is 0 Å². The van der Waals surface area contributed by atoms with E-state index in [4.69, 9.17) is 5.73 Å². The molecule has 0 fully saturated rings.